The molecule has 28 heavy (non-hydrogen) atoms. The van der Waals surface area contributed by atoms with E-state index < -0.39 is 24.5 Å². The first kappa shape index (κ1) is 20.0. The molecule has 0 fully saturated rings. The van der Waals surface area contributed by atoms with Crippen LogP contribution in [0.1, 0.15) is 32.0 Å². The van der Waals surface area contributed by atoms with Crippen LogP contribution in [0.5, 0.6) is 5.75 Å². The van der Waals surface area contributed by atoms with Crippen LogP contribution in [-0.2, 0) is 24.9 Å². The predicted molar refractivity (Wildman–Crippen MR) is 95.7 cm³/mol. The zero-order valence-corrected chi connectivity index (χ0v) is 16.1. The van der Waals surface area contributed by atoms with Gasteiger partial charge in [-0.1, -0.05) is 12.1 Å². The molecule has 0 atom stereocenters. The van der Waals surface area contributed by atoms with E-state index in [0.717, 1.165) is 5.56 Å². The van der Waals surface area contributed by atoms with E-state index in [0.29, 0.717) is 17.0 Å². The van der Waals surface area contributed by atoms with Crippen molar-refractivity contribution in [3.63, 3.8) is 0 Å². The number of rotatable bonds is 3. The normalized spacial score (nSPS) is 14.2. The molecule has 1 aromatic carbocycles. The third-order valence-electron chi connectivity index (χ3n) is 4.10. The van der Waals surface area contributed by atoms with Crippen molar-refractivity contribution in [1.29, 1.82) is 0 Å². The van der Waals surface area contributed by atoms with Gasteiger partial charge in [0.1, 0.15) is 11.4 Å². The van der Waals surface area contributed by atoms with Gasteiger partial charge in [-0.2, -0.15) is 18.3 Å². The lowest BCUT2D eigenvalue weighted by atomic mass is 10.1. The van der Waals surface area contributed by atoms with Gasteiger partial charge in [-0.3, -0.25) is 9.58 Å². The van der Waals surface area contributed by atoms with Crippen LogP contribution in [0.2, 0.25) is 0 Å². The minimum Gasteiger partial charge on any atom is -0.483 e. The van der Waals surface area contributed by atoms with Crippen molar-refractivity contribution in [3.8, 4) is 17.0 Å². The molecule has 0 N–H and O–H groups in total. The Morgan fingerprint density at radius 2 is 1.86 bits per heavy atom. The zero-order valence-electron chi connectivity index (χ0n) is 16.1. The average molecular weight is 397 g/mol. The van der Waals surface area contributed by atoms with Gasteiger partial charge in [0.05, 0.1) is 24.5 Å². The first-order valence-corrected chi connectivity index (χ1v) is 8.76. The van der Waals surface area contributed by atoms with Gasteiger partial charge < -0.3 is 9.47 Å². The van der Waals surface area contributed by atoms with Crippen LogP contribution in [0.25, 0.3) is 11.3 Å². The lowest BCUT2D eigenvalue weighted by molar-refractivity contribution is -0.153. The molecule has 0 saturated heterocycles. The van der Waals surface area contributed by atoms with Crippen LogP contribution < -0.4 is 4.74 Å². The molecule has 3 rings (SSSR count). The van der Waals surface area contributed by atoms with Gasteiger partial charge in [-0.25, -0.2) is 4.79 Å². The number of para-hydroxylation sites is 1. The number of carbonyl (C=O) groups excluding carboxylic acids is 1. The first-order valence-electron chi connectivity index (χ1n) is 8.76. The smallest absolute Gasteiger partial charge is 0.422 e. The Morgan fingerprint density at radius 3 is 2.50 bits per heavy atom. The van der Waals surface area contributed by atoms with Gasteiger partial charge >= 0.3 is 12.3 Å². The summed E-state index contributed by atoms with van der Waals surface area (Å²) >= 11 is 0. The Bertz CT molecular complexity index is 885. The SMILES string of the molecule is Cn1nc2c(c1-c1ccccc1OCC(F)(F)F)CN(C(=O)OC(C)(C)C)C2. The minimum atomic E-state index is -4.44. The summed E-state index contributed by atoms with van der Waals surface area (Å²) in [5.41, 5.74) is 1.96. The molecule has 1 amide bonds. The van der Waals surface area contributed by atoms with Crippen LogP contribution in [0.3, 0.4) is 0 Å². The van der Waals surface area contributed by atoms with Gasteiger partial charge in [0.2, 0.25) is 0 Å². The molecule has 152 valence electrons. The lowest BCUT2D eigenvalue weighted by Gasteiger charge is -2.24. The fourth-order valence-electron chi connectivity index (χ4n) is 3.08. The number of hydrogen-bond donors (Lipinski definition) is 0. The zero-order chi connectivity index (χ0) is 20.7. The summed E-state index contributed by atoms with van der Waals surface area (Å²) < 4.78 is 49.8. The molecule has 0 spiro atoms. The van der Waals surface area contributed by atoms with Gasteiger partial charge in [0.15, 0.2) is 6.61 Å². The number of fused-ring (bicyclic) bond motifs is 1. The molecule has 6 nitrogen and oxygen atoms in total. The van der Waals surface area contributed by atoms with Gasteiger partial charge in [0.25, 0.3) is 0 Å². The minimum absolute atomic E-state index is 0.112. The first-order chi connectivity index (χ1) is 12.9. The monoisotopic (exact) mass is 397 g/mol. The summed E-state index contributed by atoms with van der Waals surface area (Å²) in [5.74, 6) is 0.112. The highest BCUT2D eigenvalue weighted by atomic mass is 19.4. The number of aromatic nitrogens is 2. The van der Waals surface area contributed by atoms with Crippen molar-refractivity contribution < 1.29 is 27.4 Å². The van der Waals surface area contributed by atoms with E-state index in [1.807, 2.05) is 0 Å². The average Bonchev–Trinajstić information content (AvgIpc) is 3.08. The maximum Gasteiger partial charge on any atom is 0.422 e. The number of amides is 1. The van der Waals surface area contributed by atoms with E-state index in [-0.39, 0.29) is 18.8 Å². The number of nitrogens with zero attached hydrogens (tertiary/aromatic N) is 3. The van der Waals surface area contributed by atoms with Gasteiger partial charge in [0, 0.05) is 18.2 Å². The van der Waals surface area contributed by atoms with Crippen molar-refractivity contribution in [2.45, 2.75) is 45.6 Å². The van der Waals surface area contributed by atoms with Crippen molar-refractivity contribution in [2.75, 3.05) is 6.61 Å². The van der Waals surface area contributed by atoms with Crippen molar-refractivity contribution in [1.82, 2.24) is 14.7 Å². The highest BCUT2D eigenvalue weighted by Gasteiger charge is 2.34. The Hall–Kier alpha value is -2.71. The number of ether oxygens (including phenoxy) is 2. The maximum absolute atomic E-state index is 12.6. The molecule has 2 aromatic rings. The molecule has 9 heteroatoms. The molecular weight excluding hydrogens is 375 g/mol. The Morgan fingerprint density at radius 1 is 1.18 bits per heavy atom. The van der Waals surface area contributed by atoms with Gasteiger partial charge in [-0.15, -0.1) is 0 Å². The molecule has 1 aromatic heterocycles. The largest absolute Gasteiger partial charge is 0.483 e. The Labute approximate surface area is 160 Å². The Kier molecular flexibility index (Phi) is 5.03. The van der Waals surface area contributed by atoms with Crippen molar-refractivity contribution >= 4 is 6.09 Å². The Balaban J connectivity index is 1.89. The summed E-state index contributed by atoms with van der Waals surface area (Å²) in [6, 6.07) is 6.49. The van der Waals surface area contributed by atoms with Crippen LogP contribution >= 0.6 is 0 Å². The summed E-state index contributed by atoms with van der Waals surface area (Å²) in [5, 5.41) is 4.44. The number of benzene rings is 1. The van der Waals surface area contributed by atoms with Crippen LogP contribution in [0.15, 0.2) is 24.3 Å². The van der Waals surface area contributed by atoms with E-state index >= 15 is 0 Å². The predicted octanol–water partition coefficient (Wildman–Crippen LogP) is 4.28. The summed E-state index contributed by atoms with van der Waals surface area (Å²) in [6.45, 7) is 4.52. The number of hydrogen-bond acceptors (Lipinski definition) is 4. The molecule has 2 heterocycles. The fraction of sp³-hybridized carbons (Fsp3) is 0.474. The molecule has 1 aliphatic rings. The molecule has 0 bridgehead atoms. The second-order valence-electron chi connectivity index (χ2n) is 7.63. The maximum atomic E-state index is 12.6. The van der Waals surface area contributed by atoms with E-state index in [1.54, 1.807) is 50.7 Å². The quantitative estimate of drug-likeness (QED) is 0.776. The van der Waals surface area contributed by atoms with E-state index in [4.69, 9.17) is 9.47 Å². The molecule has 1 aliphatic heterocycles. The second-order valence-corrected chi connectivity index (χ2v) is 7.63. The highest BCUT2D eigenvalue weighted by molar-refractivity contribution is 5.74. The molecule has 0 saturated carbocycles. The highest BCUT2D eigenvalue weighted by Crippen LogP contribution is 2.37. The molecule has 0 radical (unpaired) electrons. The lowest BCUT2D eigenvalue weighted by Crippen LogP contribution is -2.33. The van der Waals surface area contributed by atoms with Crippen LogP contribution in [0.4, 0.5) is 18.0 Å². The standard InChI is InChI=1S/C19H22F3N3O3/c1-18(2,3)28-17(26)25-9-13-14(10-25)23-24(4)16(13)12-7-5-6-8-15(12)27-11-19(20,21)22/h5-8H,9-11H2,1-4H3. The number of aryl methyl sites for hydroxylation is 1. The summed E-state index contributed by atoms with van der Waals surface area (Å²) in [4.78, 5) is 13.9. The molecular formula is C19H22F3N3O3. The van der Waals surface area contributed by atoms with Crippen LogP contribution in [-0.4, -0.2) is 39.2 Å². The fourth-order valence-corrected chi connectivity index (χ4v) is 3.08. The molecule has 0 unspecified atom stereocenters. The van der Waals surface area contributed by atoms with E-state index in [2.05, 4.69) is 5.10 Å². The second kappa shape index (κ2) is 7.03. The topological polar surface area (TPSA) is 56.6 Å². The third kappa shape index (κ3) is 4.40. The van der Waals surface area contributed by atoms with Crippen molar-refractivity contribution in [2.24, 2.45) is 7.05 Å². The van der Waals surface area contributed by atoms with Crippen LogP contribution in [0, 0.1) is 0 Å². The number of halogens is 3. The van der Waals surface area contributed by atoms with Gasteiger partial charge in [-0.05, 0) is 32.9 Å². The summed E-state index contributed by atoms with van der Waals surface area (Å²) in [7, 11) is 1.71. The number of carbonyl (C=O) groups is 1. The van der Waals surface area contributed by atoms with E-state index in [1.165, 1.54) is 11.0 Å². The van der Waals surface area contributed by atoms with E-state index in [9.17, 15) is 18.0 Å². The van der Waals surface area contributed by atoms with Crippen molar-refractivity contribution in [3.05, 3.63) is 35.5 Å². The molecule has 0 aliphatic carbocycles. The third-order valence-corrected chi connectivity index (χ3v) is 4.10. The summed E-state index contributed by atoms with van der Waals surface area (Å²) in [6.07, 6.45) is -4.89. The number of alkyl halides is 3.